The van der Waals surface area contributed by atoms with Gasteiger partial charge in [0.25, 0.3) is 5.91 Å². The van der Waals surface area contributed by atoms with E-state index in [1.165, 1.54) is 5.56 Å². The van der Waals surface area contributed by atoms with Crippen molar-refractivity contribution in [2.24, 2.45) is 0 Å². The Balaban J connectivity index is 1.60. The van der Waals surface area contributed by atoms with Gasteiger partial charge in [-0.2, -0.15) is 0 Å². The first kappa shape index (κ1) is 19.4. The van der Waals surface area contributed by atoms with Crippen molar-refractivity contribution in [3.8, 4) is 22.8 Å². The van der Waals surface area contributed by atoms with Crippen molar-refractivity contribution in [3.05, 3.63) is 54.1 Å². The highest BCUT2D eigenvalue weighted by Gasteiger charge is 2.15. The Kier molecular flexibility index (Phi) is 6.26. The predicted octanol–water partition coefficient (Wildman–Crippen LogP) is 4.10. The van der Waals surface area contributed by atoms with E-state index in [1.54, 1.807) is 0 Å². The van der Waals surface area contributed by atoms with Crippen LogP contribution >= 0.6 is 0 Å². The molecule has 1 N–H and O–H groups in total. The number of nitrogens with one attached hydrogen (secondary N) is 1. The van der Waals surface area contributed by atoms with Gasteiger partial charge in [-0.05, 0) is 72.5 Å². The van der Waals surface area contributed by atoms with E-state index < -0.39 is 0 Å². The number of anilines is 1. The number of hydrogen-bond acceptors (Lipinski definition) is 6. The second-order valence-corrected chi connectivity index (χ2v) is 6.49. The molecule has 3 aromatic rings. The number of nitrogens with zero attached hydrogens (tertiary/aromatic N) is 2. The quantitative estimate of drug-likeness (QED) is 0.632. The van der Waals surface area contributed by atoms with Crippen LogP contribution in [0.15, 0.2) is 53.2 Å². The summed E-state index contributed by atoms with van der Waals surface area (Å²) in [7, 11) is 0. The minimum Gasteiger partial charge on any atom is -0.491 e. The Morgan fingerprint density at radius 1 is 1.04 bits per heavy atom. The van der Waals surface area contributed by atoms with Crippen LogP contribution in [0.1, 0.15) is 26.3 Å². The van der Waals surface area contributed by atoms with Crippen LogP contribution in [-0.2, 0) is 11.2 Å². The van der Waals surface area contributed by atoms with Gasteiger partial charge in [0, 0.05) is 5.56 Å². The van der Waals surface area contributed by atoms with Crippen LogP contribution in [-0.4, -0.2) is 28.9 Å². The fraction of sp³-hybridized carbons (Fsp3) is 0.286. The van der Waals surface area contributed by atoms with Crippen LogP contribution in [0.25, 0.3) is 11.3 Å². The molecular formula is C21H23N3O4. The Labute approximate surface area is 163 Å². The molecule has 3 rings (SSSR count). The van der Waals surface area contributed by atoms with Crippen molar-refractivity contribution in [2.45, 2.75) is 33.3 Å². The lowest BCUT2D eigenvalue weighted by molar-refractivity contribution is -0.118. The van der Waals surface area contributed by atoms with E-state index in [2.05, 4.69) is 22.6 Å². The zero-order valence-corrected chi connectivity index (χ0v) is 16.1. The number of amides is 1. The van der Waals surface area contributed by atoms with Crippen LogP contribution in [0.3, 0.4) is 0 Å². The van der Waals surface area contributed by atoms with E-state index in [0.29, 0.717) is 11.4 Å². The standard InChI is InChI=1S/C21H23N3O4/c1-4-15-5-9-17(10-6-15)26-13-19(25)22-21-20(23-28-24-21)16-7-11-18(12-8-16)27-14(2)3/h5-12,14H,4,13H2,1-3H3,(H,22,24,25). The predicted molar refractivity (Wildman–Crippen MR) is 105 cm³/mol. The first-order valence-electron chi connectivity index (χ1n) is 9.16. The van der Waals surface area contributed by atoms with Crippen LogP contribution in [0, 0.1) is 0 Å². The van der Waals surface area contributed by atoms with Gasteiger partial charge < -0.3 is 14.8 Å². The molecular weight excluding hydrogens is 358 g/mol. The Morgan fingerprint density at radius 3 is 2.36 bits per heavy atom. The van der Waals surface area contributed by atoms with Crippen molar-refractivity contribution < 1.29 is 18.9 Å². The molecule has 0 atom stereocenters. The normalized spacial score (nSPS) is 10.7. The second-order valence-electron chi connectivity index (χ2n) is 6.49. The topological polar surface area (TPSA) is 86.5 Å². The van der Waals surface area contributed by atoms with Crippen LogP contribution in [0.4, 0.5) is 5.82 Å². The van der Waals surface area contributed by atoms with E-state index >= 15 is 0 Å². The van der Waals surface area contributed by atoms with Gasteiger partial charge in [0.15, 0.2) is 12.3 Å². The molecule has 0 aliphatic rings. The molecule has 146 valence electrons. The van der Waals surface area contributed by atoms with Gasteiger partial charge in [0.05, 0.1) is 6.10 Å². The third-order valence-corrected chi connectivity index (χ3v) is 3.95. The SMILES string of the molecule is CCc1ccc(OCC(=O)Nc2nonc2-c2ccc(OC(C)C)cc2)cc1. The maximum absolute atomic E-state index is 12.2. The average Bonchev–Trinajstić information content (AvgIpc) is 3.15. The molecule has 2 aromatic carbocycles. The van der Waals surface area contributed by atoms with E-state index in [0.717, 1.165) is 17.7 Å². The van der Waals surface area contributed by atoms with E-state index in [9.17, 15) is 4.79 Å². The molecule has 1 aromatic heterocycles. The molecule has 7 heteroatoms. The van der Waals surface area contributed by atoms with E-state index in [1.807, 2.05) is 62.4 Å². The molecule has 0 fully saturated rings. The fourth-order valence-electron chi connectivity index (χ4n) is 2.56. The molecule has 0 saturated heterocycles. The average molecular weight is 381 g/mol. The molecule has 0 spiro atoms. The molecule has 0 radical (unpaired) electrons. The summed E-state index contributed by atoms with van der Waals surface area (Å²) in [5.74, 6) is 1.28. The van der Waals surface area contributed by atoms with E-state index in [-0.39, 0.29) is 24.4 Å². The first-order valence-corrected chi connectivity index (χ1v) is 9.16. The molecule has 28 heavy (non-hydrogen) atoms. The first-order chi connectivity index (χ1) is 13.5. The number of rotatable bonds is 8. The number of carbonyl (C=O) groups is 1. The molecule has 0 aliphatic carbocycles. The molecule has 7 nitrogen and oxygen atoms in total. The lowest BCUT2D eigenvalue weighted by Gasteiger charge is -2.10. The van der Waals surface area contributed by atoms with Crippen molar-refractivity contribution in [3.63, 3.8) is 0 Å². The van der Waals surface area contributed by atoms with Gasteiger partial charge in [-0.3, -0.25) is 4.79 Å². The maximum Gasteiger partial charge on any atom is 0.263 e. The zero-order valence-electron chi connectivity index (χ0n) is 16.1. The number of aryl methyl sites for hydroxylation is 1. The molecule has 1 amide bonds. The van der Waals surface area contributed by atoms with Crippen LogP contribution < -0.4 is 14.8 Å². The summed E-state index contributed by atoms with van der Waals surface area (Å²) < 4.78 is 15.9. The van der Waals surface area contributed by atoms with Gasteiger partial charge in [-0.1, -0.05) is 19.1 Å². The van der Waals surface area contributed by atoms with Crippen molar-refractivity contribution in [1.82, 2.24) is 10.3 Å². The number of ether oxygens (including phenoxy) is 2. The van der Waals surface area contributed by atoms with Gasteiger partial charge in [-0.15, -0.1) is 0 Å². The van der Waals surface area contributed by atoms with Crippen molar-refractivity contribution in [1.29, 1.82) is 0 Å². The summed E-state index contributed by atoms with van der Waals surface area (Å²) in [6.07, 6.45) is 1.04. The highest BCUT2D eigenvalue weighted by molar-refractivity contribution is 5.94. The molecule has 0 unspecified atom stereocenters. The molecule has 0 saturated carbocycles. The number of carbonyl (C=O) groups excluding carboxylic acids is 1. The van der Waals surface area contributed by atoms with E-state index in [4.69, 9.17) is 14.1 Å². The van der Waals surface area contributed by atoms with Gasteiger partial charge in [-0.25, -0.2) is 4.63 Å². The number of benzene rings is 2. The summed E-state index contributed by atoms with van der Waals surface area (Å²) in [5.41, 5.74) is 2.40. The Bertz CT molecular complexity index is 902. The second kappa shape index (κ2) is 9.03. The smallest absolute Gasteiger partial charge is 0.263 e. The Hall–Kier alpha value is -3.35. The summed E-state index contributed by atoms with van der Waals surface area (Å²) >= 11 is 0. The lowest BCUT2D eigenvalue weighted by atomic mass is 10.1. The van der Waals surface area contributed by atoms with Gasteiger partial charge in [0.2, 0.25) is 5.82 Å². The summed E-state index contributed by atoms with van der Waals surface area (Å²) in [4.78, 5) is 12.2. The van der Waals surface area contributed by atoms with Crippen molar-refractivity contribution >= 4 is 11.7 Å². The highest BCUT2D eigenvalue weighted by Crippen LogP contribution is 2.26. The van der Waals surface area contributed by atoms with Crippen LogP contribution in [0.2, 0.25) is 0 Å². The molecule has 0 aliphatic heterocycles. The minimum absolute atomic E-state index is 0.0904. The zero-order chi connectivity index (χ0) is 19.9. The largest absolute Gasteiger partial charge is 0.491 e. The number of aromatic nitrogens is 2. The fourth-order valence-corrected chi connectivity index (χ4v) is 2.56. The third kappa shape index (κ3) is 5.09. The van der Waals surface area contributed by atoms with Crippen molar-refractivity contribution in [2.75, 3.05) is 11.9 Å². The maximum atomic E-state index is 12.2. The highest BCUT2D eigenvalue weighted by atomic mass is 16.6. The number of hydrogen-bond donors (Lipinski definition) is 1. The Morgan fingerprint density at radius 2 is 1.71 bits per heavy atom. The summed E-state index contributed by atoms with van der Waals surface area (Å²) in [5, 5.41) is 10.3. The lowest BCUT2D eigenvalue weighted by Crippen LogP contribution is -2.20. The van der Waals surface area contributed by atoms with Gasteiger partial charge >= 0.3 is 0 Å². The minimum atomic E-state index is -0.351. The summed E-state index contributed by atoms with van der Waals surface area (Å²) in [6.45, 7) is 5.86. The molecule has 0 bridgehead atoms. The monoisotopic (exact) mass is 381 g/mol. The van der Waals surface area contributed by atoms with Crippen LogP contribution in [0.5, 0.6) is 11.5 Å². The van der Waals surface area contributed by atoms with Gasteiger partial charge in [0.1, 0.15) is 11.5 Å². The third-order valence-electron chi connectivity index (χ3n) is 3.95. The summed E-state index contributed by atoms with van der Waals surface area (Å²) in [6, 6.07) is 15.0. The molecule has 1 heterocycles.